The number of methoxy groups -OCH3 is 1. The van der Waals surface area contributed by atoms with Gasteiger partial charge in [0, 0.05) is 38.7 Å². The molecule has 182 valence electrons. The van der Waals surface area contributed by atoms with Gasteiger partial charge in [-0.15, -0.1) is 0 Å². The quantitative estimate of drug-likeness (QED) is 0.164. The zero-order valence-electron chi connectivity index (χ0n) is 19.3. The molecular weight excluding hydrogens is 544 g/mol. The molecule has 36 heavy (non-hydrogen) atoms. The van der Waals surface area contributed by atoms with Gasteiger partial charge in [-0.05, 0) is 72.1 Å². The molecule has 0 spiro atoms. The van der Waals surface area contributed by atoms with Crippen molar-refractivity contribution in [1.29, 1.82) is 0 Å². The molecule has 0 radical (unpaired) electrons. The summed E-state index contributed by atoms with van der Waals surface area (Å²) in [4.78, 5) is 31.3. The number of halogens is 2. The van der Waals surface area contributed by atoms with Crippen LogP contribution < -0.4 is 4.74 Å². The maximum atomic E-state index is 13.3. The summed E-state index contributed by atoms with van der Waals surface area (Å²) in [5, 5.41) is 12.7. The molecule has 4 aromatic rings. The van der Waals surface area contributed by atoms with Crippen LogP contribution in [0.2, 0.25) is 5.02 Å². The van der Waals surface area contributed by atoms with E-state index in [9.17, 15) is 14.7 Å². The maximum Gasteiger partial charge on any atom is 0.295 e. The van der Waals surface area contributed by atoms with E-state index >= 15 is 0 Å². The van der Waals surface area contributed by atoms with E-state index in [2.05, 4.69) is 20.9 Å². The molecule has 6 nitrogen and oxygen atoms in total. The third-order valence-electron chi connectivity index (χ3n) is 6.44. The van der Waals surface area contributed by atoms with Gasteiger partial charge in [0.25, 0.3) is 11.7 Å². The second-order valence-electron chi connectivity index (χ2n) is 8.53. The van der Waals surface area contributed by atoms with Crippen LogP contribution in [0.25, 0.3) is 16.7 Å². The van der Waals surface area contributed by atoms with Crippen LogP contribution >= 0.6 is 27.5 Å². The highest BCUT2D eigenvalue weighted by Crippen LogP contribution is 2.40. The Kier molecular flexibility index (Phi) is 6.60. The summed E-state index contributed by atoms with van der Waals surface area (Å²) < 4.78 is 6.23. The number of hydrogen-bond acceptors (Lipinski definition) is 4. The largest absolute Gasteiger partial charge is 0.507 e. The van der Waals surface area contributed by atoms with Crippen molar-refractivity contribution in [3.63, 3.8) is 0 Å². The van der Waals surface area contributed by atoms with E-state index in [0.29, 0.717) is 17.0 Å². The highest BCUT2D eigenvalue weighted by Gasteiger charge is 2.45. The molecule has 2 N–H and O–H groups in total. The first-order chi connectivity index (χ1) is 17.4. The Morgan fingerprint density at radius 1 is 1.08 bits per heavy atom. The summed E-state index contributed by atoms with van der Waals surface area (Å²) in [5.74, 6) is -0.842. The van der Waals surface area contributed by atoms with E-state index in [1.807, 2.05) is 48.7 Å². The van der Waals surface area contributed by atoms with E-state index in [1.54, 1.807) is 31.4 Å². The summed E-state index contributed by atoms with van der Waals surface area (Å²) >= 11 is 9.44. The Labute approximate surface area is 221 Å². The second-order valence-corrected chi connectivity index (χ2v) is 9.88. The maximum absolute atomic E-state index is 13.3. The fourth-order valence-corrected chi connectivity index (χ4v) is 4.99. The van der Waals surface area contributed by atoms with E-state index in [1.165, 1.54) is 4.90 Å². The number of Topliss-reactive ketones (excluding diaryl/α,β-unsaturated/α-hetero) is 1. The summed E-state index contributed by atoms with van der Waals surface area (Å²) in [6.07, 6.45) is 2.41. The first-order valence-electron chi connectivity index (χ1n) is 11.3. The van der Waals surface area contributed by atoms with Gasteiger partial charge in [-0.25, -0.2) is 0 Å². The zero-order chi connectivity index (χ0) is 25.4. The van der Waals surface area contributed by atoms with Crippen LogP contribution in [0.4, 0.5) is 0 Å². The molecule has 1 amide bonds. The van der Waals surface area contributed by atoms with Crippen molar-refractivity contribution in [2.24, 2.45) is 0 Å². The number of benzene rings is 3. The van der Waals surface area contributed by atoms with Crippen molar-refractivity contribution in [2.45, 2.75) is 12.5 Å². The minimum absolute atomic E-state index is 0.0604. The van der Waals surface area contributed by atoms with E-state index < -0.39 is 17.7 Å². The molecule has 1 atom stereocenters. The number of ketones is 1. The van der Waals surface area contributed by atoms with Gasteiger partial charge in [0.05, 0.1) is 18.7 Å². The van der Waals surface area contributed by atoms with Gasteiger partial charge in [-0.1, -0.05) is 39.7 Å². The number of likely N-dealkylation sites (tertiary alicyclic amines) is 1. The molecule has 2 heterocycles. The van der Waals surface area contributed by atoms with Gasteiger partial charge < -0.3 is 19.7 Å². The smallest absolute Gasteiger partial charge is 0.295 e. The number of nitrogens with one attached hydrogen (secondary N) is 1. The van der Waals surface area contributed by atoms with E-state index in [0.717, 1.165) is 32.3 Å². The number of rotatable bonds is 6. The Hall–Kier alpha value is -3.55. The number of ether oxygens (including phenoxy) is 1. The monoisotopic (exact) mass is 564 g/mol. The molecule has 5 rings (SSSR count). The van der Waals surface area contributed by atoms with Gasteiger partial charge in [-0.3, -0.25) is 9.59 Å². The average molecular weight is 566 g/mol. The molecule has 1 fully saturated rings. The van der Waals surface area contributed by atoms with Crippen LogP contribution in [-0.4, -0.2) is 40.3 Å². The van der Waals surface area contributed by atoms with Crippen molar-refractivity contribution in [1.82, 2.24) is 9.88 Å². The molecule has 1 unspecified atom stereocenters. The number of carbonyl (C=O) groups excluding carboxylic acids is 2. The third kappa shape index (κ3) is 4.40. The minimum Gasteiger partial charge on any atom is -0.507 e. The highest BCUT2D eigenvalue weighted by molar-refractivity contribution is 9.10. The summed E-state index contributed by atoms with van der Waals surface area (Å²) in [6, 6.07) is 19.0. The van der Waals surface area contributed by atoms with Crippen molar-refractivity contribution in [3.8, 4) is 5.75 Å². The van der Waals surface area contributed by atoms with Crippen LogP contribution in [0.15, 0.2) is 83.0 Å². The molecule has 1 aliphatic heterocycles. The summed E-state index contributed by atoms with van der Waals surface area (Å²) in [7, 11) is 1.62. The van der Waals surface area contributed by atoms with Gasteiger partial charge in [0.15, 0.2) is 0 Å². The molecular formula is C28H22BrClN2O4. The Balaban J connectivity index is 1.55. The Morgan fingerprint density at radius 2 is 1.81 bits per heavy atom. The molecule has 1 aliphatic rings. The normalized spacial score (nSPS) is 17.2. The van der Waals surface area contributed by atoms with Gasteiger partial charge in [-0.2, -0.15) is 0 Å². The van der Waals surface area contributed by atoms with E-state index in [4.69, 9.17) is 16.3 Å². The number of aromatic amines is 1. The molecule has 3 aromatic carbocycles. The SMILES string of the molecule is COc1ccc2[nH]cc(CCN3C(=O)C(=O)/C(=C(\O)c4ccc(Cl)cc4)C3c3ccc(Br)cc3)c2c1. The Bertz CT molecular complexity index is 1490. The third-order valence-corrected chi connectivity index (χ3v) is 7.22. The molecule has 1 saturated heterocycles. The fourth-order valence-electron chi connectivity index (χ4n) is 4.60. The second kappa shape index (κ2) is 9.84. The number of aliphatic hydroxyl groups excluding tert-OH is 1. The lowest BCUT2D eigenvalue weighted by Gasteiger charge is -2.25. The zero-order valence-corrected chi connectivity index (χ0v) is 21.6. The first-order valence-corrected chi connectivity index (χ1v) is 12.5. The minimum atomic E-state index is -0.728. The van der Waals surface area contributed by atoms with Crippen LogP contribution in [0.1, 0.15) is 22.7 Å². The lowest BCUT2D eigenvalue weighted by molar-refractivity contribution is -0.139. The predicted octanol–water partition coefficient (Wildman–Crippen LogP) is 6.26. The van der Waals surface area contributed by atoms with Crippen LogP contribution in [-0.2, 0) is 16.0 Å². The lowest BCUT2D eigenvalue weighted by Crippen LogP contribution is -2.31. The number of aromatic nitrogens is 1. The van der Waals surface area contributed by atoms with Crippen LogP contribution in [0.5, 0.6) is 5.75 Å². The first kappa shape index (κ1) is 24.2. The average Bonchev–Trinajstić information content (AvgIpc) is 3.40. The number of aliphatic hydroxyl groups is 1. The molecule has 8 heteroatoms. The standard InChI is InChI=1S/C28H22BrClN2O4/c1-36-21-10-11-23-22(14-21)18(15-31-23)12-13-32-25(16-2-6-19(29)7-3-16)24(27(34)28(32)35)26(33)17-4-8-20(30)9-5-17/h2-11,14-15,25,31,33H,12-13H2,1H3/b26-24-. The molecule has 0 bridgehead atoms. The number of carbonyl (C=O) groups is 2. The summed E-state index contributed by atoms with van der Waals surface area (Å²) in [6.45, 7) is 0.285. The number of nitrogens with zero attached hydrogens (tertiary/aromatic N) is 1. The number of fused-ring (bicyclic) bond motifs is 1. The fraction of sp³-hybridized carbons (Fsp3) is 0.143. The van der Waals surface area contributed by atoms with Gasteiger partial charge >= 0.3 is 0 Å². The lowest BCUT2D eigenvalue weighted by atomic mass is 9.95. The van der Waals surface area contributed by atoms with E-state index in [-0.39, 0.29) is 17.9 Å². The molecule has 1 aromatic heterocycles. The number of hydrogen-bond donors (Lipinski definition) is 2. The Morgan fingerprint density at radius 3 is 2.50 bits per heavy atom. The van der Waals surface area contributed by atoms with Gasteiger partial charge in [0.2, 0.25) is 0 Å². The predicted molar refractivity (Wildman–Crippen MR) is 143 cm³/mol. The van der Waals surface area contributed by atoms with Crippen molar-refractivity contribution in [2.75, 3.05) is 13.7 Å². The molecule has 0 saturated carbocycles. The van der Waals surface area contributed by atoms with Crippen LogP contribution in [0, 0.1) is 0 Å². The highest BCUT2D eigenvalue weighted by atomic mass is 79.9. The van der Waals surface area contributed by atoms with Gasteiger partial charge in [0.1, 0.15) is 11.5 Å². The van der Waals surface area contributed by atoms with Crippen molar-refractivity contribution >= 4 is 55.9 Å². The number of H-pyrrole nitrogens is 1. The summed E-state index contributed by atoms with van der Waals surface area (Å²) in [5.41, 5.74) is 3.17. The van der Waals surface area contributed by atoms with Crippen molar-refractivity contribution < 1.29 is 19.4 Å². The molecule has 0 aliphatic carbocycles. The van der Waals surface area contributed by atoms with Crippen molar-refractivity contribution in [3.05, 3.63) is 105 Å². The van der Waals surface area contributed by atoms with Crippen LogP contribution in [0.3, 0.4) is 0 Å². The number of amides is 1. The topological polar surface area (TPSA) is 82.6 Å².